The number of pyridine rings is 1. The molecular formula is C29H34N6O3. The fourth-order valence-corrected chi connectivity index (χ4v) is 5.97. The zero-order valence-corrected chi connectivity index (χ0v) is 22.0. The average molecular weight is 515 g/mol. The number of aromatic nitrogens is 4. The van der Waals surface area contributed by atoms with Crippen molar-refractivity contribution < 1.29 is 14.2 Å². The van der Waals surface area contributed by atoms with E-state index in [4.69, 9.17) is 25.7 Å². The number of nitrogens with two attached hydrogens (primary N) is 2. The van der Waals surface area contributed by atoms with E-state index in [0.717, 1.165) is 46.8 Å². The van der Waals surface area contributed by atoms with E-state index in [2.05, 4.69) is 37.7 Å². The Kier molecular flexibility index (Phi) is 6.20. The molecule has 1 aliphatic carbocycles. The van der Waals surface area contributed by atoms with E-state index >= 15 is 0 Å². The Balaban J connectivity index is 1.22. The standard InChI is InChI=1S/C29H34N6O3/c1-4-36-12-10-20-14-18-7-5-17(13-22(18)34-26(20)30)6-8-19-15-23(25-24(19)37-29(2,3)38-25)35-11-9-21-27(31)32-16-33-28(21)35/h5,7,9-14,16,19,23-25H,4,6,8,15H2,1-3H3,(H2,30,34)(H2,31,32,33)/b12-10+/t19-,23+,24+,25-/m0/s1. The van der Waals surface area contributed by atoms with Crippen LogP contribution in [0.4, 0.5) is 11.6 Å². The topological polar surface area (TPSA) is 123 Å². The molecule has 6 rings (SSSR count). The van der Waals surface area contributed by atoms with Gasteiger partial charge < -0.3 is 30.2 Å². The van der Waals surface area contributed by atoms with Gasteiger partial charge in [-0.3, -0.25) is 0 Å². The molecule has 4 heterocycles. The first-order chi connectivity index (χ1) is 18.3. The Hall–Kier alpha value is -3.69. The molecule has 2 fully saturated rings. The molecule has 1 aromatic carbocycles. The number of anilines is 2. The Morgan fingerprint density at radius 1 is 1.11 bits per heavy atom. The number of aryl methyl sites for hydroxylation is 1. The maximum atomic E-state index is 6.44. The smallest absolute Gasteiger partial charge is 0.163 e. The van der Waals surface area contributed by atoms with Gasteiger partial charge in [0.05, 0.1) is 35.9 Å². The van der Waals surface area contributed by atoms with Gasteiger partial charge >= 0.3 is 0 Å². The van der Waals surface area contributed by atoms with Gasteiger partial charge in [-0.25, -0.2) is 15.0 Å². The van der Waals surface area contributed by atoms with Crippen LogP contribution in [0.15, 0.2) is 49.1 Å². The van der Waals surface area contributed by atoms with E-state index in [-0.39, 0.29) is 18.2 Å². The van der Waals surface area contributed by atoms with Crippen LogP contribution in [-0.4, -0.2) is 44.1 Å². The van der Waals surface area contributed by atoms with Crippen molar-refractivity contribution in [2.45, 2.75) is 64.1 Å². The molecule has 1 saturated carbocycles. The van der Waals surface area contributed by atoms with Crippen LogP contribution in [0.5, 0.6) is 0 Å². The van der Waals surface area contributed by atoms with Crippen LogP contribution in [0.1, 0.15) is 50.8 Å². The molecule has 198 valence electrons. The molecule has 0 unspecified atom stereocenters. The second-order valence-corrected chi connectivity index (χ2v) is 10.6. The number of fused-ring (bicyclic) bond motifs is 3. The minimum absolute atomic E-state index is 0.0144. The Morgan fingerprint density at radius 3 is 2.79 bits per heavy atom. The lowest BCUT2D eigenvalue weighted by Crippen LogP contribution is -2.27. The number of nitrogen functional groups attached to an aromatic ring is 2. The van der Waals surface area contributed by atoms with E-state index in [1.807, 2.05) is 45.2 Å². The fourth-order valence-electron chi connectivity index (χ4n) is 5.97. The molecule has 2 aliphatic rings. The zero-order chi connectivity index (χ0) is 26.4. The van der Waals surface area contributed by atoms with E-state index < -0.39 is 5.79 Å². The lowest BCUT2D eigenvalue weighted by atomic mass is 9.95. The molecule has 4 N–H and O–H groups in total. The summed E-state index contributed by atoms with van der Waals surface area (Å²) in [6, 6.07) is 10.6. The average Bonchev–Trinajstić information content (AvgIpc) is 3.54. The highest BCUT2D eigenvalue weighted by Crippen LogP contribution is 2.49. The summed E-state index contributed by atoms with van der Waals surface area (Å²) in [5, 5.41) is 1.92. The van der Waals surface area contributed by atoms with Crippen LogP contribution in [0.25, 0.3) is 28.0 Å². The van der Waals surface area contributed by atoms with E-state index in [9.17, 15) is 0 Å². The first-order valence-corrected chi connectivity index (χ1v) is 13.2. The Morgan fingerprint density at radius 2 is 1.95 bits per heavy atom. The van der Waals surface area contributed by atoms with Crippen LogP contribution >= 0.6 is 0 Å². The highest BCUT2D eigenvalue weighted by molar-refractivity contribution is 5.86. The monoisotopic (exact) mass is 514 g/mol. The van der Waals surface area contributed by atoms with Gasteiger partial charge in [0.25, 0.3) is 0 Å². The second kappa shape index (κ2) is 9.56. The van der Waals surface area contributed by atoms with Crippen LogP contribution in [0.2, 0.25) is 0 Å². The predicted octanol–water partition coefficient (Wildman–Crippen LogP) is 4.87. The van der Waals surface area contributed by atoms with Gasteiger partial charge in [-0.2, -0.15) is 0 Å². The highest BCUT2D eigenvalue weighted by Gasteiger charge is 2.54. The molecule has 0 bridgehead atoms. The van der Waals surface area contributed by atoms with Crippen molar-refractivity contribution in [3.8, 4) is 0 Å². The molecule has 0 radical (unpaired) electrons. The maximum Gasteiger partial charge on any atom is 0.163 e. The van der Waals surface area contributed by atoms with Crippen molar-refractivity contribution in [2.24, 2.45) is 5.92 Å². The highest BCUT2D eigenvalue weighted by atomic mass is 16.8. The van der Waals surface area contributed by atoms with Gasteiger partial charge in [0.1, 0.15) is 29.7 Å². The summed E-state index contributed by atoms with van der Waals surface area (Å²) in [6.45, 7) is 6.54. The number of hydrogen-bond donors (Lipinski definition) is 2. The van der Waals surface area contributed by atoms with Crippen LogP contribution < -0.4 is 11.5 Å². The number of benzene rings is 1. The van der Waals surface area contributed by atoms with Crippen molar-refractivity contribution >= 4 is 39.6 Å². The summed E-state index contributed by atoms with van der Waals surface area (Å²) in [4.78, 5) is 13.3. The normalized spacial score (nSPS) is 24.5. The van der Waals surface area contributed by atoms with Gasteiger partial charge in [0.2, 0.25) is 0 Å². The first kappa shape index (κ1) is 24.6. The molecule has 4 aromatic rings. The van der Waals surface area contributed by atoms with E-state index in [1.54, 1.807) is 6.26 Å². The zero-order valence-electron chi connectivity index (χ0n) is 22.0. The Labute approximate surface area is 221 Å². The van der Waals surface area contributed by atoms with Crippen molar-refractivity contribution in [1.82, 2.24) is 19.5 Å². The van der Waals surface area contributed by atoms with Crippen LogP contribution in [0, 0.1) is 5.92 Å². The molecular weight excluding hydrogens is 480 g/mol. The SMILES string of the molecule is CCO/C=C/c1cc2ccc(CC[C@H]3C[C@@H](n4ccc5c(N)ncnc54)[C@@H]4OC(C)(C)O[C@H]34)cc2nc1N. The molecule has 4 atom stereocenters. The largest absolute Gasteiger partial charge is 0.501 e. The molecule has 38 heavy (non-hydrogen) atoms. The predicted molar refractivity (Wildman–Crippen MR) is 148 cm³/mol. The van der Waals surface area contributed by atoms with Gasteiger partial charge in [0.15, 0.2) is 5.79 Å². The van der Waals surface area contributed by atoms with Crippen molar-refractivity contribution in [2.75, 3.05) is 18.1 Å². The molecule has 3 aromatic heterocycles. The molecule has 1 aliphatic heterocycles. The van der Waals surface area contributed by atoms with E-state index in [1.165, 1.54) is 11.9 Å². The maximum absolute atomic E-state index is 6.44. The van der Waals surface area contributed by atoms with Gasteiger partial charge in [-0.1, -0.05) is 12.1 Å². The third kappa shape index (κ3) is 4.46. The molecule has 0 amide bonds. The lowest BCUT2D eigenvalue weighted by molar-refractivity contribution is -0.160. The summed E-state index contributed by atoms with van der Waals surface area (Å²) in [5.74, 6) is 0.700. The minimum Gasteiger partial charge on any atom is -0.501 e. The summed E-state index contributed by atoms with van der Waals surface area (Å²) < 4.78 is 20.4. The van der Waals surface area contributed by atoms with E-state index in [0.29, 0.717) is 24.2 Å². The summed E-state index contributed by atoms with van der Waals surface area (Å²) in [7, 11) is 0. The number of hydrogen-bond acceptors (Lipinski definition) is 8. The van der Waals surface area contributed by atoms with Crippen molar-refractivity contribution in [3.05, 3.63) is 60.2 Å². The van der Waals surface area contributed by atoms with Gasteiger partial charge in [-0.05, 0) is 75.8 Å². The molecule has 0 spiro atoms. The quantitative estimate of drug-likeness (QED) is 0.335. The lowest BCUT2D eigenvalue weighted by Gasteiger charge is -2.24. The van der Waals surface area contributed by atoms with Crippen molar-refractivity contribution in [1.29, 1.82) is 0 Å². The third-order valence-corrected chi connectivity index (χ3v) is 7.71. The van der Waals surface area contributed by atoms with Gasteiger partial charge in [-0.15, -0.1) is 0 Å². The van der Waals surface area contributed by atoms with Crippen molar-refractivity contribution in [3.63, 3.8) is 0 Å². The number of rotatable bonds is 7. The third-order valence-electron chi connectivity index (χ3n) is 7.71. The fraction of sp³-hybridized carbons (Fsp3) is 0.414. The molecule has 1 saturated heterocycles. The van der Waals surface area contributed by atoms with Crippen LogP contribution in [0.3, 0.4) is 0 Å². The number of nitrogens with zero attached hydrogens (tertiary/aromatic N) is 4. The minimum atomic E-state index is -0.623. The van der Waals surface area contributed by atoms with Gasteiger partial charge in [0, 0.05) is 17.1 Å². The van der Waals surface area contributed by atoms with Crippen LogP contribution in [-0.2, 0) is 20.6 Å². The second-order valence-electron chi connectivity index (χ2n) is 10.6. The summed E-state index contributed by atoms with van der Waals surface area (Å²) >= 11 is 0. The molecule has 9 heteroatoms. The Bertz CT molecular complexity index is 1510. The molecule has 9 nitrogen and oxygen atoms in total. The summed E-state index contributed by atoms with van der Waals surface area (Å²) in [5.41, 5.74) is 16.1. The summed E-state index contributed by atoms with van der Waals surface area (Å²) in [6.07, 6.45) is 9.87. The first-order valence-electron chi connectivity index (χ1n) is 13.2. The number of ether oxygens (including phenoxy) is 3.